The number of anilines is 2. The predicted octanol–water partition coefficient (Wildman–Crippen LogP) is 4.82. The van der Waals surface area contributed by atoms with Crippen LogP contribution < -0.4 is 4.90 Å². The summed E-state index contributed by atoms with van der Waals surface area (Å²) in [6.07, 6.45) is 0.390. The van der Waals surface area contributed by atoms with Crippen molar-refractivity contribution in [1.82, 2.24) is 19.9 Å². The van der Waals surface area contributed by atoms with Crippen molar-refractivity contribution in [3.63, 3.8) is 0 Å². The van der Waals surface area contributed by atoms with Crippen molar-refractivity contribution in [2.45, 2.75) is 17.7 Å². The first-order chi connectivity index (χ1) is 16.9. The van der Waals surface area contributed by atoms with Gasteiger partial charge in [0.05, 0.1) is 29.0 Å². The Morgan fingerprint density at radius 3 is 2.44 bits per heavy atom. The molecule has 1 aromatic carbocycles. The van der Waals surface area contributed by atoms with Gasteiger partial charge in [-0.2, -0.15) is 13.2 Å². The fourth-order valence-electron chi connectivity index (χ4n) is 4.15. The van der Waals surface area contributed by atoms with Gasteiger partial charge in [0.25, 0.3) is 0 Å². The molecule has 0 saturated heterocycles. The van der Waals surface area contributed by atoms with E-state index in [1.807, 2.05) is 0 Å². The average Bonchev–Trinajstić information content (AvgIpc) is 2.83. The van der Waals surface area contributed by atoms with Crippen LogP contribution in [0.25, 0.3) is 22.2 Å². The van der Waals surface area contributed by atoms with Crippen molar-refractivity contribution >= 4 is 38.3 Å². The molecule has 36 heavy (non-hydrogen) atoms. The summed E-state index contributed by atoms with van der Waals surface area (Å²) in [6.45, 7) is 0.229. The number of hydrogen-bond acceptors (Lipinski definition) is 6. The molecule has 0 saturated carbocycles. The molecule has 0 aliphatic carbocycles. The molecule has 0 spiro atoms. The van der Waals surface area contributed by atoms with Gasteiger partial charge < -0.3 is 4.90 Å². The second kappa shape index (κ2) is 8.26. The lowest BCUT2D eigenvalue weighted by Gasteiger charge is -2.35. The molecule has 184 valence electrons. The highest BCUT2D eigenvalue weighted by Crippen LogP contribution is 2.43. The van der Waals surface area contributed by atoms with Crippen LogP contribution in [0.5, 0.6) is 0 Å². The van der Waals surface area contributed by atoms with E-state index in [0.29, 0.717) is 22.3 Å². The van der Waals surface area contributed by atoms with Gasteiger partial charge in [-0.15, -0.1) is 0 Å². The number of carbonyl (C=O) groups is 1. The Kier molecular flexibility index (Phi) is 5.43. The summed E-state index contributed by atoms with van der Waals surface area (Å²) in [7, 11) is -2.06. The zero-order chi connectivity index (χ0) is 25.8. The standard InChI is InChI=1S/C24H18F3N5O3S/c1-31-13-15-12-29-19-4-3-9-28-21(19)22(15)32(23(31)33)16-6-7-17(18(10-16)24(25,26)27)14-5-8-20(30-11-14)36(2,34)35/h3-12H,13H2,1-2H3. The Morgan fingerprint density at radius 2 is 1.78 bits per heavy atom. The summed E-state index contributed by atoms with van der Waals surface area (Å²) in [6, 6.07) is 8.85. The molecule has 0 atom stereocenters. The Labute approximate surface area is 204 Å². The van der Waals surface area contributed by atoms with Gasteiger partial charge in [0.1, 0.15) is 5.52 Å². The summed E-state index contributed by atoms with van der Waals surface area (Å²) >= 11 is 0. The fraction of sp³-hybridized carbons (Fsp3) is 0.167. The zero-order valence-corrected chi connectivity index (χ0v) is 19.8. The smallest absolute Gasteiger partial charge is 0.323 e. The van der Waals surface area contributed by atoms with E-state index >= 15 is 0 Å². The predicted molar refractivity (Wildman–Crippen MR) is 126 cm³/mol. The van der Waals surface area contributed by atoms with Crippen LogP contribution in [0.1, 0.15) is 11.1 Å². The van der Waals surface area contributed by atoms with E-state index in [4.69, 9.17) is 0 Å². The molecule has 0 unspecified atom stereocenters. The topological polar surface area (TPSA) is 96.4 Å². The highest BCUT2D eigenvalue weighted by molar-refractivity contribution is 7.90. The Bertz CT molecular complexity index is 1620. The largest absolute Gasteiger partial charge is 0.417 e. The van der Waals surface area contributed by atoms with Crippen LogP contribution in [0.15, 0.2) is 66.1 Å². The summed E-state index contributed by atoms with van der Waals surface area (Å²) in [4.78, 5) is 28.3. The first-order valence-corrected chi connectivity index (χ1v) is 12.5. The highest BCUT2D eigenvalue weighted by atomic mass is 32.2. The third-order valence-corrected chi connectivity index (χ3v) is 6.82. The number of carbonyl (C=O) groups excluding carboxylic acids is 1. The average molecular weight is 514 g/mol. The second-order valence-electron chi connectivity index (χ2n) is 8.36. The molecule has 2 amide bonds. The number of alkyl halides is 3. The Hall–Kier alpha value is -4.06. The number of halogens is 3. The van der Waals surface area contributed by atoms with Crippen LogP contribution in [-0.4, -0.2) is 47.6 Å². The van der Waals surface area contributed by atoms with Gasteiger partial charge in [0.2, 0.25) is 0 Å². The number of amides is 2. The number of benzene rings is 1. The lowest BCUT2D eigenvalue weighted by atomic mass is 9.99. The SMILES string of the molecule is CN1Cc2cnc3cccnc3c2N(c2ccc(-c3ccc(S(C)(=O)=O)nc3)c(C(F)(F)F)c2)C1=O. The molecule has 3 aromatic heterocycles. The van der Waals surface area contributed by atoms with Crippen molar-refractivity contribution in [2.24, 2.45) is 0 Å². The van der Waals surface area contributed by atoms with Crippen molar-refractivity contribution in [1.29, 1.82) is 0 Å². The van der Waals surface area contributed by atoms with E-state index in [1.54, 1.807) is 25.4 Å². The molecule has 8 nitrogen and oxygen atoms in total. The van der Waals surface area contributed by atoms with Gasteiger partial charge in [-0.1, -0.05) is 6.07 Å². The van der Waals surface area contributed by atoms with E-state index < -0.39 is 27.6 Å². The highest BCUT2D eigenvalue weighted by Gasteiger charge is 2.37. The zero-order valence-electron chi connectivity index (χ0n) is 19.0. The minimum Gasteiger partial charge on any atom is -0.323 e. The lowest BCUT2D eigenvalue weighted by Crippen LogP contribution is -2.42. The number of urea groups is 1. The van der Waals surface area contributed by atoms with E-state index in [9.17, 15) is 26.4 Å². The van der Waals surface area contributed by atoms with Crippen LogP contribution in [0.3, 0.4) is 0 Å². The van der Waals surface area contributed by atoms with Crippen LogP contribution in [0.2, 0.25) is 0 Å². The van der Waals surface area contributed by atoms with Crippen molar-refractivity contribution < 1.29 is 26.4 Å². The molecule has 4 heterocycles. The van der Waals surface area contributed by atoms with Crippen molar-refractivity contribution in [3.05, 3.63) is 72.2 Å². The van der Waals surface area contributed by atoms with E-state index in [-0.39, 0.29) is 28.4 Å². The maximum atomic E-state index is 14.2. The minimum atomic E-state index is -4.77. The van der Waals surface area contributed by atoms with Gasteiger partial charge in [0, 0.05) is 43.0 Å². The van der Waals surface area contributed by atoms with Gasteiger partial charge in [-0.25, -0.2) is 18.2 Å². The number of pyridine rings is 3. The van der Waals surface area contributed by atoms with Crippen molar-refractivity contribution in [3.8, 4) is 11.1 Å². The molecular formula is C24H18F3N5O3S. The number of fused-ring (bicyclic) bond motifs is 3. The first kappa shape index (κ1) is 23.7. The molecular weight excluding hydrogens is 495 g/mol. The Balaban J connectivity index is 1.70. The van der Waals surface area contributed by atoms with Gasteiger partial charge in [-0.3, -0.25) is 14.9 Å². The van der Waals surface area contributed by atoms with Gasteiger partial charge in [0.15, 0.2) is 14.9 Å². The van der Waals surface area contributed by atoms with Crippen LogP contribution >= 0.6 is 0 Å². The van der Waals surface area contributed by atoms with E-state index in [2.05, 4.69) is 15.0 Å². The number of sulfone groups is 1. The molecule has 0 radical (unpaired) electrons. The minimum absolute atomic E-state index is 0.00254. The maximum absolute atomic E-state index is 14.2. The molecule has 0 N–H and O–H groups in total. The normalized spacial score (nSPS) is 14.3. The summed E-state index contributed by atoms with van der Waals surface area (Å²) in [5, 5.41) is -0.247. The van der Waals surface area contributed by atoms with Gasteiger partial charge >= 0.3 is 12.2 Å². The number of hydrogen-bond donors (Lipinski definition) is 0. The van der Waals surface area contributed by atoms with Gasteiger partial charge in [-0.05, 0) is 42.0 Å². The number of nitrogens with zero attached hydrogens (tertiary/aromatic N) is 5. The van der Waals surface area contributed by atoms with Crippen LogP contribution in [-0.2, 0) is 22.6 Å². The molecule has 0 bridgehead atoms. The third-order valence-electron chi connectivity index (χ3n) is 5.82. The Morgan fingerprint density at radius 1 is 1.00 bits per heavy atom. The summed E-state index contributed by atoms with van der Waals surface area (Å²) in [5.41, 5.74) is 0.809. The monoisotopic (exact) mass is 513 g/mol. The first-order valence-electron chi connectivity index (χ1n) is 10.6. The van der Waals surface area contributed by atoms with Crippen LogP contribution in [0, 0.1) is 0 Å². The second-order valence-corrected chi connectivity index (χ2v) is 10.3. The number of rotatable bonds is 3. The molecule has 1 aliphatic rings. The molecule has 4 aromatic rings. The molecule has 5 rings (SSSR count). The van der Waals surface area contributed by atoms with E-state index in [1.165, 1.54) is 34.2 Å². The van der Waals surface area contributed by atoms with Crippen molar-refractivity contribution in [2.75, 3.05) is 18.2 Å². The van der Waals surface area contributed by atoms with Crippen LogP contribution in [0.4, 0.5) is 29.3 Å². The fourth-order valence-corrected chi connectivity index (χ4v) is 4.71. The molecule has 1 aliphatic heterocycles. The molecule has 0 fully saturated rings. The third kappa shape index (κ3) is 4.02. The maximum Gasteiger partial charge on any atom is 0.417 e. The summed E-state index contributed by atoms with van der Waals surface area (Å²) < 4.78 is 66.0. The summed E-state index contributed by atoms with van der Waals surface area (Å²) in [5.74, 6) is 0. The van der Waals surface area contributed by atoms with E-state index in [0.717, 1.165) is 24.6 Å². The quantitative estimate of drug-likeness (QED) is 0.390. The lowest BCUT2D eigenvalue weighted by molar-refractivity contribution is -0.137. The molecule has 12 heteroatoms. The number of aromatic nitrogens is 3.